The van der Waals surface area contributed by atoms with Crippen LogP contribution in [0.3, 0.4) is 0 Å². The van der Waals surface area contributed by atoms with Crippen LogP contribution in [0.5, 0.6) is 0 Å². The van der Waals surface area contributed by atoms with Crippen LogP contribution in [0.1, 0.15) is 0 Å². The van der Waals surface area contributed by atoms with Crippen LogP contribution in [0.25, 0.3) is 0 Å². The van der Waals surface area contributed by atoms with Gasteiger partial charge in [0.25, 0.3) is 0 Å². The van der Waals surface area contributed by atoms with Crippen LogP contribution in [-0.4, -0.2) is 11.1 Å². The van der Waals surface area contributed by atoms with E-state index in [0.29, 0.717) is 6.54 Å². The number of hydrogen-bond donors (Lipinski definition) is 2. The monoisotopic (exact) mass is 159 g/mol. The van der Waals surface area contributed by atoms with E-state index in [2.05, 4.69) is 5.73 Å². The van der Waals surface area contributed by atoms with Crippen molar-refractivity contribution in [3.05, 3.63) is 6.54 Å². The molecule has 6 heavy (non-hydrogen) atoms. The van der Waals surface area contributed by atoms with Gasteiger partial charge in [0.1, 0.15) is 0 Å². The van der Waals surface area contributed by atoms with E-state index in [0.717, 1.165) is 0 Å². The molecule has 0 aliphatic carbocycles. The molecule has 30 valence electrons. The van der Waals surface area contributed by atoms with Crippen LogP contribution in [-0.2, 0) is 4.79 Å². The molecule has 0 aliphatic heterocycles. The normalized spacial score (nSPS) is 5.50. The molecule has 0 aromatic rings. The minimum absolute atomic E-state index is 0. The molecule has 0 unspecified atom stereocenters. The SMILES string of the molecule is N[CH-]C(=O)O.[Rb+]. The summed E-state index contributed by atoms with van der Waals surface area (Å²) in [6.45, 7) is 0.583. The molecule has 0 amide bonds. The van der Waals surface area contributed by atoms with E-state index < -0.39 is 5.97 Å². The molecule has 0 bridgehead atoms. The first-order valence-electron chi connectivity index (χ1n) is 1.05. The molecule has 0 heterocycles. The summed E-state index contributed by atoms with van der Waals surface area (Å²) >= 11 is 0. The maximum absolute atomic E-state index is 9.19. The maximum Gasteiger partial charge on any atom is 1.00 e. The van der Waals surface area contributed by atoms with Crippen molar-refractivity contribution in [2.75, 3.05) is 0 Å². The van der Waals surface area contributed by atoms with Crippen LogP contribution < -0.4 is 63.9 Å². The molecule has 0 aromatic carbocycles. The Morgan fingerprint density at radius 1 is 1.83 bits per heavy atom. The van der Waals surface area contributed by atoms with E-state index in [1.165, 1.54) is 0 Å². The second kappa shape index (κ2) is 6.11. The third-order valence-electron chi connectivity index (χ3n) is 0.143. The quantitative estimate of drug-likeness (QED) is 0.386. The molecule has 3 N–H and O–H groups in total. The van der Waals surface area contributed by atoms with Crippen molar-refractivity contribution in [3.8, 4) is 0 Å². The van der Waals surface area contributed by atoms with E-state index in [1.54, 1.807) is 0 Å². The molecule has 0 radical (unpaired) electrons. The minimum atomic E-state index is -1.09. The van der Waals surface area contributed by atoms with Crippen molar-refractivity contribution in [3.63, 3.8) is 0 Å². The van der Waals surface area contributed by atoms with Crippen LogP contribution >= 0.6 is 0 Å². The molecular formula is C2H4NO2Rb. The first-order valence-corrected chi connectivity index (χ1v) is 1.05. The fourth-order valence-electron chi connectivity index (χ4n) is 0. The van der Waals surface area contributed by atoms with E-state index in [-0.39, 0.29) is 58.2 Å². The van der Waals surface area contributed by atoms with Crippen molar-refractivity contribution in [2.45, 2.75) is 0 Å². The van der Waals surface area contributed by atoms with E-state index in [4.69, 9.17) is 5.11 Å². The van der Waals surface area contributed by atoms with Gasteiger partial charge in [-0.05, 0) is 0 Å². The predicted molar refractivity (Wildman–Crippen MR) is 16.1 cm³/mol. The zero-order chi connectivity index (χ0) is 4.28. The van der Waals surface area contributed by atoms with Crippen molar-refractivity contribution in [2.24, 2.45) is 5.73 Å². The molecule has 0 aromatic heterocycles. The summed E-state index contributed by atoms with van der Waals surface area (Å²) in [6, 6.07) is 0. The van der Waals surface area contributed by atoms with Crippen LogP contribution in [0, 0.1) is 6.54 Å². The largest absolute Gasteiger partial charge is 1.00 e. The van der Waals surface area contributed by atoms with Gasteiger partial charge in [-0.1, -0.05) is 0 Å². The Bertz CT molecular complexity index is 46.8. The van der Waals surface area contributed by atoms with E-state index >= 15 is 0 Å². The van der Waals surface area contributed by atoms with Gasteiger partial charge in [0.05, 0.1) is 0 Å². The number of hydrogen-bond acceptors (Lipinski definition) is 2. The summed E-state index contributed by atoms with van der Waals surface area (Å²) in [6.07, 6.45) is 0. The van der Waals surface area contributed by atoms with Crippen LogP contribution in [0.15, 0.2) is 0 Å². The van der Waals surface area contributed by atoms with Gasteiger partial charge in [-0.3, -0.25) is 4.79 Å². The second-order valence-electron chi connectivity index (χ2n) is 0.505. The maximum atomic E-state index is 9.19. The van der Waals surface area contributed by atoms with Gasteiger partial charge < -0.3 is 10.8 Å². The standard InChI is InChI=1S/C2H4NO2.Rb/c3-1-2(4)5;/h1H,3H2,(H,4,5);/q-1;+1. The average Bonchev–Trinajstić information content (AvgIpc) is 1.38. The molecular weight excluding hydrogens is 155 g/mol. The zero-order valence-electron chi connectivity index (χ0n) is 3.51. The number of carboxylic acids is 1. The Hall–Kier alpha value is 1.11. The molecule has 0 saturated carbocycles. The van der Waals surface area contributed by atoms with Gasteiger partial charge in [0.2, 0.25) is 0 Å². The van der Waals surface area contributed by atoms with Gasteiger partial charge in [-0.15, -0.1) is 0 Å². The molecule has 0 saturated heterocycles. The summed E-state index contributed by atoms with van der Waals surface area (Å²) in [5.41, 5.74) is 4.45. The Morgan fingerprint density at radius 2 is 2.00 bits per heavy atom. The third kappa shape index (κ3) is 8.92. The van der Waals surface area contributed by atoms with E-state index in [1.807, 2.05) is 0 Å². The summed E-state index contributed by atoms with van der Waals surface area (Å²) in [7, 11) is 0. The average molecular weight is 160 g/mol. The predicted octanol–water partition coefficient (Wildman–Crippen LogP) is -3.80. The van der Waals surface area contributed by atoms with Gasteiger partial charge in [0, 0.05) is 0 Å². The fourth-order valence-corrected chi connectivity index (χ4v) is 0. The van der Waals surface area contributed by atoms with Gasteiger partial charge in [-0.2, -0.15) is 0 Å². The van der Waals surface area contributed by atoms with Gasteiger partial charge >= 0.3 is 58.2 Å². The molecule has 3 nitrogen and oxygen atoms in total. The molecule has 0 spiro atoms. The van der Waals surface area contributed by atoms with E-state index in [9.17, 15) is 4.79 Å². The number of nitrogens with two attached hydrogens (primary N) is 1. The first-order chi connectivity index (χ1) is 2.27. The molecule has 0 aliphatic rings. The van der Waals surface area contributed by atoms with Crippen molar-refractivity contribution >= 4 is 5.97 Å². The third-order valence-corrected chi connectivity index (χ3v) is 0.143. The molecule has 4 heteroatoms. The summed E-state index contributed by atoms with van der Waals surface area (Å²) in [4.78, 5) is 9.19. The van der Waals surface area contributed by atoms with Crippen LogP contribution in [0.4, 0.5) is 0 Å². The number of carbonyl (C=O) groups is 1. The smallest absolute Gasteiger partial charge is 0.502 e. The fraction of sp³-hybridized carbons (Fsp3) is 0. The van der Waals surface area contributed by atoms with Gasteiger partial charge in [-0.25, -0.2) is 6.54 Å². The van der Waals surface area contributed by atoms with Crippen molar-refractivity contribution in [1.29, 1.82) is 0 Å². The summed E-state index contributed by atoms with van der Waals surface area (Å²) < 4.78 is 0. The van der Waals surface area contributed by atoms with Crippen molar-refractivity contribution < 1.29 is 68.1 Å². The number of aliphatic carboxylic acids is 1. The molecule has 0 atom stereocenters. The van der Waals surface area contributed by atoms with Gasteiger partial charge in [0.15, 0.2) is 5.97 Å². The zero-order valence-corrected chi connectivity index (χ0v) is 8.43. The molecule has 0 rings (SSSR count). The Morgan fingerprint density at radius 3 is 2.00 bits per heavy atom. The summed E-state index contributed by atoms with van der Waals surface area (Å²) in [5.74, 6) is -1.09. The Kier molecular flexibility index (Phi) is 10.3. The Balaban J connectivity index is 0. The second-order valence-corrected chi connectivity index (χ2v) is 0.505. The van der Waals surface area contributed by atoms with Crippen molar-refractivity contribution in [1.82, 2.24) is 0 Å². The topological polar surface area (TPSA) is 63.3 Å². The Labute approximate surface area is 84.7 Å². The van der Waals surface area contributed by atoms with Crippen LogP contribution in [0.2, 0.25) is 0 Å². The molecule has 0 fully saturated rings. The first kappa shape index (κ1) is 10.2. The summed E-state index contributed by atoms with van der Waals surface area (Å²) in [5, 5.41) is 7.54. The minimum Gasteiger partial charge on any atom is -0.502 e. The number of carboxylic acid groups (broad SMARTS) is 1. The number of rotatable bonds is 1.